The van der Waals surface area contributed by atoms with Gasteiger partial charge in [-0.15, -0.1) is 11.3 Å². The van der Waals surface area contributed by atoms with Crippen LogP contribution in [0.15, 0.2) is 76.7 Å². The van der Waals surface area contributed by atoms with Crippen molar-refractivity contribution in [2.45, 2.75) is 40.0 Å². The number of thiophene rings is 1. The number of rotatable bonds is 2. The molecule has 3 heterocycles. The van der Waals surface area contributed by atoms with Gasteiger partial charge < -0.3 is 4.42 Å². The Morgan fingerprint density at radius 1 is 0.882 bits per heavy atom. The average Bonchev–Trinajstić information content (AvgIpc) is 3.37. The van der Waals surface area contributed by atoms with Crippen LogP contribution >= 0.6 is 11.3 Å². The molecule has 0 aliphatic heterocycles. The van der Waals surface area contributed by atoms with Gasteiger partial charge in [0.25, 0.3) is 0 Å². The highest BCUT2D eigenvalue weighted by Crippen LogP contribution is 2.43. The largest absolute Gasteiger partial charge is 0.456 e. The third-order valence-corrected chi connectivity index (χ3v) is 7.97. The van der Waals surface area contributed by atoms with Crippen molar-refractivity contribution in [3.63, 3.8) is 0 Å². The fourth-order valence-corrected chi connectivity index (χ4v) is 6.16. The summed E-state index contributed by atoms with van der Waals surface area (Å²) in [6.07, 6.45) is 1.87. The van der Waals surface area contributed by atoms with E-state index in [2.05, 4.69) is 94.6 Å². The molecule has 0 amide bonds. The number of hydrogen-bond donors (Lipinski definition) is 0. The number of aromatic nitrogens is 1. The van der Waals surface area contributed by atoms with Gasteiger partial charge in [0.1, 0.15) is 11.3 Å². The molecular formula is C31H27NOS. The van der Waals surface area contributed by atoms with E-state index in [1.807, 2.05) is 12.3 Å². The summed E-state index contributed by atoms with van der Waals surface area (Å²) in [5.41, 5.74) is 7.96. The minimum absolute atomic E-state index is 0.0206. The second-order valence-corrected chi connectivity index (χ2v) is 11.1. The van der Waals surface area contributed by atoms with E-state index >= 15 is 0 Å². The number of benzene rings is 3. The van der Waals surface area contributed by atoms with E-state index in [4.69, 9.17) is 9.40 Å². The molecule has 34 heavy (non-hydrogen) atoms. The maximum absolute atomic E-state index is 6.52. The molecule has 0 atom stereocenters. The van der Waals surface area contributed by atoms with Crippen molar-refractivity contribution < 1.29 is 4.42 Å². The van der Waals surface area contributed by atoms with Gasteiger partial charge in [0.05, 0.1) is 11.1 Å². The highest BCUT2D eigenvalue weighted by atomic mass is 32.1. The third kappa shape index (κ3) is 3.19. The Bertz CT molecular complexity index is 1710. The first kappa shape index (κ1) is 21.1. The molecule has 3 aromatic carbocycles. The molecule has 0 aliphatic rings. The molecule has 0 unspecified atom stereocenters. The van der Waals surface area contributed by atoms with Crippen LogP contribution in [0.25, 0.3) is 54.4 Å². The lowest BCUT2D eigenvalue weighted by atomic mass is 9.82. The van der Waals surface area contributed by atoms with E-state index in [-0.39, 0.29) is 5.41 Å². The number of aryl methyl sites for hydroxylation is 2. The van der Waals surface area contributed by atoms with Crippen molar-refractivity contribution in [1.29, 1.82) is 0 Å². The highest BCUT2D eigenvalue weighted by Gasteiger charge is 2.22. The lowest BCUT2D eigenvalue weighted by molar-refractivity contribution is 0.596. The van der Waals surface area contributed by atoms with E-state index in [1.54, 1.807) is 11.3 Å². The molecule has 2 nitrogen and oxygen atoms in total. The van der Waals surface area contributed by atoms with Crippen LogP contribution in [0.5, 0.6) is 0 Å². The number of fused-ring (bicyclic) bond motifs is 3. The molecule has 3 heteroatoms. The lowest BCUT2D eigenvalue weighted by Gasteiger charge is -2.22. The minimum Gasteiger partial charge on any atom is -0.456 e. The second-order valence-electron chi connectivity index (χ2n) is 10.2. The molecule has 3 aromatic heterocycles. The Kier molecular flexibility index (Phi) is 4.69. The molecule has 168 valence electrons. The van der Waals surface area contributed by atoms with Crippen molar-refractivity contribution in [3.05, 3.63) is 88.9 Å². The number of nitrogens with zero attached hydrogens (tertiary/aromatic N) is 1. The number of hydrogen-bond acceptors (Lipinski definition) is 3. The first-order valence-electron chi connectivity index (χ1n) is 11.7. The Labute approximate surface area is 203 Å². The van der Waals surface area contributed by atoms with Gasteiger partial charge in [-0.25, -0.2) is 0 Å². The minimum atomic E-state index is 0.0206. The van der Waals surface area contributed by atoms with E-state index in [0.717, 1.165) is 39.1 Å². The highest BCUT2D eigenvalue weighted by molar-refractivity contribution is 7.18. The predicted molar refractivity (Wildman–Crippen MR) is 146 cm³/mol. The molecule has 6 aromatic rings. The summed E-state index contributed by atoms with van der Waals surface area (Å²) in [7, 11) is 0. The smallest absolute Gasteiger partial charge is 0.139 e. The summed E-state index contributed by atoms with van der Waals surface area (Å²) >= 11 is 1.79. The zero-order chi connectivity index (χ0) is 23.6. The Morgan fingerprint density at radius 2 is 1.68 bits per heavy atom. The summed E-state index contributed by atoms with van der Waals surface area (Å²) in [6.45, 7) is 11.2. The van der Waals surface area contributed by atoms with Crippen LogP contribution in [0.2, 0.25) is 0 Å². The van der Waals surface area contributed by atoms with E-state index in [0.29, 0.717) is 0 Å². The van der Waals surface area contributed by atoms with Crippen molar-refractivity contribution >= 4 is 43.2 Å². The molecule has 0 spiro atoms. The fourth-order valence-electron chi connectivity index (χ4n) is 5.10. The van der Waals surface area contributed by atoms with Crippen molar-refractivity contribution in [2.24, 2.45) is 0 Å². The van der Waals surface area contributed by atoms with Gasteiger partial charge in [-0.05, 0) is 76.2 Å². The van der Waals surface area contributed by atoms with Crippen LogP contribution in [-0.2, 0) is 5.41 Å². The standard InChI is InChI=1S/C31H27NOS/c1-18-17-34-30-22(18)11-8-12-24(30)29-19(2)27-26(33-29)13-14-32-28(27)21-15-20-9-6-7-10-23(20)25(16-21)31(3,4)5/h6-17H,1-5H3. The maximum Gasteiger partial charge on any atom is 0.139 e. The van der Waals surface area contributed by atoms with Crippen LogP contribution in [0.3, 0.4) is 0 Å². The average molecular weight is 462 g/mol. The maximum atomic E-state index is 6.52. The fraction of sp³-hybridized carbons (Fsp3) is 0.194. The second kappa shape index (κ2) is 7.54. The first-order valence-corrected chi connectivity index (χ1v) is 12.6. The number of pyridine rings is 1. The van der Waals surface area contributed by atoms with Crippen LogP contribution in [0.1, 0.15) is 37.5 Å². The van der Waals surface area contributed by atoms with Crippen molar-refractivity contribution in [3.8, 4) is 22.6 Å². The molecule has 6 rings (SSSR count). The summed E-state index contributed by atoms with van der Waals surface area (Å²) in [5, 5.41) is 7.16. The SMILES string of the molecule is Cc1csc2c(-c3oc4ccnc(-c5cc(C(C)(C)C)c6ccccc6c5)c4c3C)cccc12. The molecule has 0 aliphatic carbocycles. The summed E-state index contributed by atoms with van der Waals surface area (Å²) in [5.74, 6) is 0.938. The van der Waals surface area contributed by atoms with Gasteiger partial charge in [-0.1, -0.05) is 57.2 Å². The van der Waals surface area contributed by atoms with Gasteiger partial charge in [-0.2, -0.15) is 0 Å². The van der Waals surface area contributed by atoms with E-state index < -0.39 is 0 Å². The number of furan rings is 1. The van der Waals surface area contributed by atoms with Crippen LogP contribution in [0.4, 0.5) is 0 Å². The summed E-state index contributed by atoms with van der Waals surface area (Å²) in [4.78, 5) is 4.88. The van der Waals surface area contributed by atoms with E-state index in [1.165, 1.54) is 32.0 Å². The Hall–Kier alpha value is -3.43. The first-order chi connectivity index (χ1) is 16.3. The van der Waals surface area contributed by atoms with Crippen molar-refractivity contribution in [2.75, 3.05) is 0 Å². The Morgan fingerprint density at radius 3 is 2.50 bits per heavy atom. The lowest BCUT2D eigenvalue weighted by Crippen LogP contribution is -2.12. The van der Waals surface area contributed by atoms with Crippen LogP contribution < -0.4 is 0 Å². The molecule has 0 N–H and O–H groups in total. The Balaban J connectivity index is 1.63. The van der Waals surface area contributed by atoms with Gasteiger partial charge in [-0.3, -0.25) is 4.98 Å². The van der Waals surface area contributed by atoms with Crippen LogP contribution in [-0.4, -0.2) is 4.98 Å². The van der Waals surface area contributed by atoms with Gasteiger partial charge in [0.15, 0.2) is 0 Å². The van der Waals surface area contributed by atoms with E-state index in [9.17, 15) is 0 Å². The monoisotopic (exact) mass is 461 g/mol. The zero-order valence-corrected chi connectivity index (χ0v) is 21.0. The van der Waals surface area contributed by atoms with Crippen LogP contribution in [0, 0.1) is 13.8 Å². The third-order valence-electron chi connectivity index (χ3n) is 6.82. The van der Waals surface area contributed by atoms with Gasteiger partial charge in [0.2, 0.25) is 0 Å². The molecule has 0 saturated heterocycles. The molecule has 0 fully saturated rings. The van der Waals surface area contributed by atoms with Gasteiger partial charge >= 0.3 is 0 Å². The topological polar surface area (TPSA) is 26.0 Å². The molecule has 0 radical (unpaired) electrons. The predicted octanol–water partition coefficient (Wildman–Crippen LogP) is 9.44. The molecule has 0 saturated carbocycles. The quantitative estimate of drug-likeness (QED) is 0.257. The normalized spacial score (nSPS) is 12.3. The van der Waals surface area contributed by atoms with Crippen molar-refractivity contribution in [1.82, 2.24) is 4.98 Å². The van der Waals surface area contributed by atoms with Gasteiger partial charge in [0, 0.05) is 27.6 Å². The summed E-state index contributed by atoms with van der Waals surface area (Å²) < 4.78 is 7.79. The molecule has 0 bridgehead atoms. The zero-order valence-electron chi connectivity index (χ0n) is 20.2. The summed E-state index contributed by atoms with van der Waals surface area (Å²) in [6, 6.07) is 21.7. The molecular weight excluding hydrogens is 434 g/mol.